The van der Waals surface area contributed by atoms with Crippen LogP contribution in [0.3, 0.4) is 0 Å². The Morgan fingerprint density at radius 2 is 1.82 bits per heavy atom. The molecule has 1 saturated heterocycles. The molecule has 0 spiro atoms. The number of pyridine rings is 1. The van der Waals surface area contributed by atoms with E-state index < -0.39 is 11.8 Å². The van der Waals surface area contributed by atoms with Gasteiger partial charge in [-0.15, -0.1) is 0 Å². The van der Waals surface area contributed by atoms with E-state index in [-0.39, 0.29) is 18.4 Å². The highest BCUT2D eigenvalue weighted by atomic mass is 16.5. The van der Waals surface area contributed by atoms with Gasteiger partial charge in [0.05, 0.1) is 19.1 Å². The number of hydrogen-bond donors (Lipinski definition) is 4. The third-order valence-electron chi connectivity index (χ3n) is 5.33. The van der Waals surface area contributed by atoms with Crippen LogP contribution in [0.5, 0.6) is 0 Å². The number of rotatable bonds is 8. The van der Waals surface area contributed by atoms with Crippen molar-refractivity contribution in [2.45, 2.75) is 6.42 Å². The lowest BCUT2D eigenvalue weighted by atomic mass is 10.0. The van der Waals surface area contributed by atoms with E-state index >= 15 is 0 Å². The summed E-state index contributed by atoms with van der Waals surface area (Å²) in [4.78, 5) is 40.5. The van der Waals surface area contributed by atoms with Crippen LogP contribution in [-0.4, -0.2) is 42.5 Å². The number of hydrogen-bond acceptors (Lipinski definition) is 6. The fourth-order valence-electron chi connectivity index (χ4n) is 3.60. The number of para-hydroxylation sites is 1. The summed E-state index contributed by atoms with van der Waals surface area (Å²) in [5.74, 6) is -0.969. The van der Waals surface area contributed by atoms with Crippen molar-refractivity contribution in [3.63, 3.8) is 0 Å². The largest absolute Gasteiger partial charge is 0.381 e. The highest BCUT2D eigenvalue weighted by Gasteiger charge is 2.23. The van der Waals surface area contributed by atoms with Crippen LogP contribution in [0.25, 0.3) is 11.1 Å². The standard InChI is InChI=1S/C25H25N5O4/c26-22(31)14-28-24(32)19-10-18(11-21(12-19)29-20-4-2-1-3-5-20)16-6-8-27-23(13-16)30-25(33)17-7-9-34-15-17/h1-6,8,10-13,17,29H,7,9,14-15H2,(H2,26,31)(H,28,32)(H,27,30,33). The summed E-state index contributed by atoms with van der Waals surface area (Å²) in [5, 5.41) is 8.64. The van der Waals surface area contributed by atoms with Crippen molar-refractivity contribution in [3.05, 3.63) is 72.4 Å². The van der Waals surface area contributed by atoms with Gasteiger partial charge in [-0.25, -0.2) is 4.98 Å². The second-order valence-electron chi connectivity index (χ2n) is 7.92. The minimum atomic E-state index is -0.630. The molecule has 1 aliphatic heterocycles. The summed E-state index contributed by atoms with van der Waals surface area (Å²) in [6, 6.07) is 18.4. The minimum Gasteiger partial charge on any atom is -0.381 e. The number of aromatic nitrogens is 1. The highest BCUT2D eigenvalue weighted by Crippen LogP contribution is 2.28. The van der Waals surface area contributed by atoms with Gasteiger partial charge in [0.2, 0.25) is 11.8 Å². The third-order valence-corrected chi connectivity index (χ3v) is 5.33. The molecule has 1 aromatic heterocycles. The van der Waals surface area contributed by atoms with Crippen LogP contribution >= 0.6 is 0 Å². The number of primary amides is 1. The van der Waals surface area contributed by atoms with E-state index in [0.29, 0.717) is 36.7 Å². The van der Waals surface area contributed by atoms with Crippen molar-refractivity contribution in [1.29, 1.82) is 0 Å². The zero-order chi connectivity index (χ0) is 23.9. The van der Waals surface area contributed by atoms with Gasteiger partial charge < -0.3 is 26.4 Å². The van der Waals surface area contributed by atoms with Crippen molar-refractivity contribution in [2.75, 3.05) is 30.4 Å². The van der Waals surface area contributed by atoms with Crippen molar-refractivity contribution < 1.29 is 19.1 Å². The van der Waals surface area contributed by atoms with Crippen molar-refractivity contribution in [3.8, 4) is 11.1 Å². The molecule has 0 aliphatic carbocycles. The number of ether oxygens (including phenoxy) is 1. The Labute approximate surface area is 196 Å². The van der Waals surface area contributed by atoms with Crippen LogP contribution < -0.4 is 21.7 Å². The van der Waals surface area contributed by atoms with Gasteiger partial charge >= 0.3 is 0 Å². The predicted molar refractivity (Wildman–Crippen MR) is 128 cm³/mol. The van der Waals surface area contributed by atoms with Crippen molar-refractivity contribution in [2.24, 2.45) is 11.7 Å². The summed E-state index contributed by atoms with van der Waals surface area (Å²) in [6.45, 7) is 0.719. The number of nitrogens with one attached hydrogen (secondary N) is 3. The maximum Gasteiger partial charge on any atom is 0.251 e. The Kier molecular flexibility index (Phi) is 7.14. The average Bonchev–Trinajstić information content (AvgIpc) is 3.38. The number of benzene rings is 2. The lowest BCUT2D eigenvalue weighted by Gasteiger charge is -2.13. The molecule has 0 bridgehead atoms. The van der Waals surface area contributed by atoms with Crippen LogP contribution in [-0.2, 0) is 14.3 Å². The summed E-state index contributed by atoms with van der Waals surface area (Å²) >= 11 is 0. The molecule has 34 heavy (non-hydrogen) atoms. The van der Waals surface area contributed by atoms with E-state index in [1.165, 1.54) is 0 Å². The first kappa shape index (κ1) is 22.9. The average molecular weight is 460 g/mol. The van der Waals surface area contributed by atoms with E-state index in [4.69, 9.17) is 10.5 Å². The first-order valence-corrected chi connectivity index (χ1v) is 10.9. The second kappa shape index (κ2) is 10.6. The predicted octanol–water partition coefficient (Wildman–Crippen LogP) is 2.68. The van der Waals surface area contributed by atoms with Crippen molar-refractivity contribution in [1.82, 2.24) is 10.3 Å². The lowest BCUT2D eigenvalue weighted by Crippen LogP contribution is -2.33. The van der Waals surface area contributed by atoms with Crippen LogP contribution in [0.2, 0.25) is 0 Å². The Balaban J connectivity index is 1.63. The fourth-order valence-corrected chi connectivity index (χ4v) is 3.60. The molecule has 3 amide bonds. The number of nitrogens with zero attached hydrogens (tertiary/aromatic N) is 1. The Morgan fingerprint density at radius 3 is 2.56 bits per heavy atom. The fraction of sp³-hybridized carbons (Fsp3) is 0.200. The first-order valence-electron chi connectivity index (χ1n) is 10.9. The van der Waals surface area contributed by atoms with Gasteiger partial charge in [0, 0.05) is 29.7 Å². The molecule has 2 heterocycles. The summed E-state index contributed by atoms with van der Waals surface area (Å²) < 4.78 is 5.29. The van der Waals surface area contributed by atoms with E-state index in [9.17, 15) is 14.4 Å². The summed E-state index contributed by atoms with van der Waals surface area (Å²) in [5.41, 5.74) is 8.53. The van der Waals surface area contributed by atoms with Gasteiger partial charge in [-0.2, -0.15) is 0 Å². The van der Waals surface area contributed by atoms with E-state index in [2.05, 4.69) is 20.9 Å². The number of carbonyl (C=O) groups is 3. The van der Waals surface area contributed by atoms with E-state index in [0.717, 1.165) is 16.8 Å². The Hall–Kier alpha value is -4.24. The SMILES string of the molecule is NC(=O)CNC(=O)c1cc(Nc2ccccc2)cc(-c2ccnc(NC(=O)C3CCOC3)c2)c1. The quantitative estimate of drug-likeness (QED) is 0.409. The van der Waals surface area contributed by atoms with Crippen molar-refractivity contribution >= 4 is 34.9 Å². The summed E-state index contributed by atoms with van der Waals surface area (Å²) in [6.07, 6.45) is 2.28. The minimum absolute atomic E-state index is 0.131. The first-order chi connectivity index (χ1) is 16.5. The van der Waals surface area contributed by atoms with Crippen LogP contribution in [0.1, 0.15) is 16.8 Å². The molecule has 1 atom stereocenters. The molecule has 9 heteroatoms. The molecule has 5 N–H and O–H groups in total. The van der Waals surface area contributed by atoms with Gasteiger partial charge in [-0.05, 0) is 60.0 Å². The van der Waals surface area contributed by atoms with Crippen LogP contribution in [0, 0.1) is 5.92 Å². The number of carbonyl (C=O) groups excluding carboxylic acids is 3. The highest BCUT2D eigenvalue weighted by molar-refractivity contribution is 5.99. The molecule has 1 fully saturated rings. The molecule has 1 unspecified atom stereocenters. The molecule has 174 valence electrons. The monoisotopic (exact) mass is 459 g/mol. The number of anilines is 3. The van der Waals surface area contributed by atoms with Gasteiger partial charge in [-0.1, -0.05) is 18.2 Å². The maximum atomic E-state index is 12.7. The molecular weight excluding hydrogens is 434 g/mol. The van der Waals surface area contributed by atoms with E-state index in [1.54, 1.807) is 30.5 Å². The van der Waals surface area contributed by atoms with Gasteiger partial charge in [0.25, 0.3) is 5.91 Å². The zero-order valence-corrected chi connectivity index (χ0v) is 18.4. The summed E-state index contributed by atoms with van der Waals surface area (Å²) in [7, 11) is 0. The molecule has 0 saturated carbocycles. The zero-order valence-electron chi connectivity index (χ0n) is 18.4. The van der Waals surface area contributed by atoms with Gasteiger partial charge in [0.1, 0.15) is 5.82 Å². The normalized spacial score (nSPS) is 14.9. The van der Waals surface area contributed by atoms with Crippen LogP contribution in [0.15, 0.2) is 66.9 Å². The molecular formula is C25H25N5O4. The maximum absolute atomic E-state index is 12.7. The molecule has 0 radical (unpaired) electrons. The van der Waals surface area contributed by atoms with Crippen LogP contribution in [0.4, 0.5) is 17.2 Å². The smallest absolute Gasteiger partial charge is 0.251 e. The third kappa shape index (κ3) is 5.96. The number of amides is 3. The lowest BCUT2D eigenvalue weighted by molar-refractivity contribution is -0.120. The topological polar surface area (TPSA) is 135 Å². The Bertz CT molecular complexity index is 1190. The molecule has 3 aromatic rings. The molecule has 1 aliphatic rings. The molecule has 4 rings (SSSR count). The van der Waals surface area contributed by atoms with Gasteiger partial charge in [0.15, 0.2) is 0 Å². The second-order valence-corrected chi connectivity index (χ2v) is 7.92. The molecule has 9 nitrogen and oxygen atoms in total. The number of nitrogens with two attached hydrogens (primary N) is 1. The van der Waals surface area contributed by atoms with E-state index in [1.807, 2.05) is 36.4 Å². The van der Waals surface area contributed by atoms with Gasteiger partial charge in [-0.3, -0.25) is 14.4 Å². The molecule has 2 aromatic carbocycles. The Morgan fingerprint density at radius 1 is 1.00 bits per heavy atom.